The molecule has 1 saturated heterocycles. The van der Waals surface area contributed by atoms with Crippen molar-refractivity contribution in [1.82, 2.24) is 10.3 Å². The van der Waals surface area contributed by atoms with Gasteiger partial charge in [0.25, 0.3) is 0 Å². The zero-order chi connectivity index (χ0) is 12.1. The first-order valence-corrected chi connectivity index (χ1v) is 7.46. The number of rotatable bonds is 4. The van der Waals surface area contributed by atoms with E-state index in [2.05, 4.69) is 36.2 Å². The van der Waals surface area contributed by atoms with Crippen LogP contribution in [0.5, 0.6) is 0 Å². The van der Waals surface area contributed by atoms with Gasteiger partial charge in [0.05, 0.1) is 0 Å². The van der Waals surface area contributed by atoms with E-state index >= 15 is 0 Å². The van der Waals surface area contributed by atoms with E-state index in [1.165, 1.54) is 17.1 Å². The number of hydrogen-bond donors (Lipinski definition) is 1. The Bertz CT molecular complexity index is 362. The molecule has 0 atom stereocenters. The average Bonchev–Trinajstić information content (AvgIpc) is 2.38. The normalized spacial score (nSPS) is 16.2. The van der Waals surface area contributed by atoms with E-state index in [0.717, 1.165) is 37.7 Å². The van der Waals surface area contributed by atoms with Crippen LogP contribution < -0.4 is 10.2 Å². The Morgan fingerprint density at radius 2 is 2.12 bits per heavy atom. The lowest BCUT2D eigenvalue weighted by Crippen LogP contribution is -2.33. The van der Waals surface area contributed by atoms with Gasteiger partial charge in [-0.1, -0.05) is 13.0 Å². The standard InChI is InChI=1S/C13H21N3S/c1-3-14-10-12-4-5-13(15-11(12)2)16-6-8-17-9-7-16/h4-5,14H,3,6-10H2,1-2H3. The van der Waals surface area contributed by atoms with Gasteiger partial charge in [-0.25, -0.2) is 4.98 Å². The molecule has 0 amide bonds. The maximum absolute atomic E-state index is 4.73. The predicted octanol–water partition coefficient (Wildman–Crippen LogP) is 2.05. The summed E-state index contributed by atoms with van der Waals surface area (Å²) >= 11 is 2.03. The summed E-state index contributed by atoms with van der Waals surface area (Å²) in [6, 6.07) is 4.37. The maximum atomic E-state index is 4.73. The monoisotopic (exact) mass is 251 g/mol. The van der Waals surface area contributed by atoms with Crippen LogP contribution in [0.1, 0.15) is 18.2 Å². The van der Waals surface area contributed by atoms with Crippen LogP contribution >= 0.6 is 11.8 Å². The van der Waals surface area contributed by atoms with Gasteiger partial charge in [-0.2, -0.15) is 11.8 Å². The molecule has 1 aliphatic rings. The summed E-state index contributed by atoms with van der Waals surface area (Å²) in [5.41, 5.74) is 2.46. The molecular weight excluding hydrogens is 230 g/mol. The van der Waals surface area contributed by atoms with E-state index < -0.39 is 0 Å². The van der Waals surface area contributed by atoms with Gasteiger partial charge in [0.2, 0.25) is 0 Å². The highest BCUT2D eigenvalue weighted by atomic mass is 32.2. The Kier molecular flexibility index (Phi) is 4.68. The topological polar surface area (TPSA) is 28.2 Å². The lowest BCUT2D eigenvalue weighted by atomic mass is 10.2. The summed E-state index contributed by atoms with van der Waals surface area (Å²) in [5, 5.41) is 3.35. The van der Waals surface area contributed by atoms with Crippen LogP contribution in [0, 0.1) is 6.92 Å². The molecule has 0 bridgehead atoms. The van der Waals surface area contributed by atoms with Gasteiger partial charge < -0.3 is 10.2 Å². The molecule has 1 aromatic rings. The summed E-state index contributed by atoms with van der Waals surface area (Å²) in [6.07, 6.45) is 0. The number of hydrogen-bond acceptors (Lipinski definition) is 4. The quantitative estimate of drug-likeness (QED) is 0.886. The fourth-order valence-electron chi connectivity index (χ4n) is 1.99. The fourth-order valence-corrected chi connectivity index (χ4v) is 2.89. The van der Waals surface area contributed by atoms with Gasteiger partial charge in [0, 0.05) is 36.8 Å². The van der Waals surface area contributed by atoms with Crippen LogP contribution in [0.4, 0.5) is 5.82 Å². The van der Waals surface area contributed by atoms with Gasteiger partial charge >= 0.3 is 0 Å². The Labute approximate surface area is 108 Å². The van der Waals surface area contributed by atoms with Gasteiger partial charge in [-0.05, 0) is 25.1 Å². The van der Waals surface area contributed by atoms with E-state index in [1.807, 2.05) is 11.8 Å². The number of pyridine rings is 1. The van der Waals surface area contributed by atoms with Crippen molar-refractivity contribution in [3.8, 4) is 0 Å². The van der Waals surface area contributed by atoms with Crippen molar-refractivity contribution in [2.24, 2.45) is 0 Å². The van der Waals surface area contributed by atoms with E-state index in [0.29, 0.717) is 0 Å². The molecular formula is C13H21N3S. The van der Waals surface area contributed by atoms with Gasteiger partial charge in [-0.15, -0.1) is 0 Å². The van der Waals surface area contributed by atoms with E-state index in [4.69, 9.17) is 4.98 Å². The third-order valence-electron chi connectivity index (χ3n) is 3.08. The van der Waals surface area contributed by atoms with Crippen LogP contribution in [0.2, 0.25) is 0 Å². The molecule has 0 aromatic carbocycles. The highest BCUT2D eigenvalue weighted by Crippen LogP contribution is 2.19. The molecule has 1 N–H and O–H groups in total. The second-order valence-electron chi connectivity index (χ2n) is 4.29. The Hall–Kier alpha value is -0.740. The largest absolute Gasteiger partial charge is 0.355 e. The van der Waals surface area contributed by atoms with Crippen LogP contribution in [-0.4, -0.2) is 36.1 Å². The minimum atomic E-state index is 0.922. The first-order valence-electron chi connectivity index (χ1n) is 6.31. The van der Waals surface area contributed by atoms with Gasteiger partial charge in [0.15, 0.2) is 0 Å². The number of nitrogens with zero attached hydrogens (tertiary/aromatic N) is 2. The summed E-state index contributed by atoms with van der Waals surface area (Å²) < 4.78 is 0. The van der Waals surface area contributed by atoms with E-state index in [9.17, 15) is 0 Å². The molecule has 2 rings (SSSR count). The van der Waals surface area contributed by atoms with Crippen LogP contribution in [-0.2, 0) is 6.54 Å². The van der Waals surface area contributed by atoms with Gasteiger partial charge in [-0.3, -0.25) is 0 Å². The first kappa shape index (κ1) is 12.7. The lowest BCUT2D eigenvalue weighted by Gasteiger charge is -2.27. The second-order valence-corrected chi connectivity index (χ2v) is 5.52. The number of aromatic nitrogens is 1. The third-order valence-corrected chi connectivity index (χ3v) is 4.02. The molecule has 17 heavy (non-hydrogen) atoms. The highest BCUT2D eigenvalue weighted by Gasteiger charge is 2.12. The summed E-state index contributed by atoms with van der Waals surface area (Å²) in [4.78, 5) is 7.12. The number of aryl methyl sites for hydroxylation is 1. The molecule has 2 heterocycles. The minimum Gasteiger partial charge on any atom is -0.355 e. The zero-order valence-corrected chi connectivity index (χ0v) is 11.5. The molecule has 1 aliphatic heterocycles. The summed E-state index contributed by atoms with van der Waals surface area (Å²) in [7, 11) is 0. The maximum Gasteiger partial charge on any atom is 0.128 e. The van der Waals surface area contributed by atoms with E-state index in [-0.39, 0.29) is 0 Å². The Balaban J connectivity index is 2.06. The highest BCUT2D eigenvalue weighted by molar-refractivity contribution is 7.99. The molecule has 0 spiro atoms. The second kappa shape index (κ2) is 6.26. The molecule has 4 heteroatoms. The van der Waals surface area contributed by atoms with Crippen molar-refractivity contribution in [1.29, 1.82) is 0 Å². The minimum absolute atomic E-state index is 0.922. The first-order chi connectivity index (χ1) is 8.31. The molecule has 0 radical (unpaired) electrons. The van der Waals surface area contributed by atoms with Crippen molar-refractivity contribution in [2.75, 3.05) is 36.0 Å². The molecule has 94 valence electrons. The fraction of sp³-hybridized carbons (Fsp3) is 0.615. The zero-order valence-electron chi connectivity index (χ0n) is 10.7. The van der Waals surface area contributed by atoms with Crippen LogP contribution in [0.25, 0.3) is 0 Å². The number of anilines is 1. The molecule has 0 unspecified atom stereocenters. The molecule has 0 aliphatic carbocycles. The number of thioether (sulfide) groups is 1. The van der Waals surface area contributed by atoms with E-state index in [1.54, 1.807) is 0 Å². The molecule has 3 nitrogen and oxygen atoms in total. The summed E-state index contributed by atoms with van der Waals surface area (Å²) in [5.74, 6) is 3.59. The van der Waals surface area contributed by atoms with Crippen molar-refractivity contribution < 1.29 is 0 Å². The molecule has 1 aromatic heterocycles. The average molecular weight is 251 g/mol. The van der Waals surface area contributed by atoms with Crippen molar-refractivity contribution in [2.45, 2.75) is 20.4 Å². The lowest BCUT2D eigenvalue weighted by molar-refractivity contribution is 0.718. The van der Waals surface area contributed by atoms with Gasteiger partial charge in [0.1, 0.15) is 5.82 Å². The molecule has 1 fully saturated rings. The van der Waals surface area contributed by atoms with Crippen LogP contribution in [0.15, 0.2) is 12.1 Å². The Morgan fingerprint density at radius 3 is 2.76 bits per heavy atom. The number of nitrogens with one attached hydrogen (secondary N) is 1. The van der Waals surface area contributed by atoms with Crippen molar-refractivity contribution >= 4 is 17.6 Å². The molecule has 0 saturated carbocycles. The smallest absolute Gasteiger partial charge is 0.128 e. The third kappa shape index (κ3) is 3.36. The van der Waals surface area contributed by atoms with Crippen molar-refractivity contribution in [3.63, 3.8) is 0 Å². The van der Waals surface area contributed by atoms with Crippen molar-refractivity contribution in [3.05, 3.63) is 23.4 Å². The summed E-state index contributed by atoms with van der Waals surface area (Å²) in [6.45, 7) is 8.42. The predicted molar refractivity (Wildman–Crippen MR) is 75.9 cm³/mol. The van der Waals surface area contributed by atoms with Crippen LogP contribution in [0.3, 0.4) is 0 Å². The SMILES string of the molecule is CCNCc1ccc(N2CCSCC2)nc1C. The Morgan fingerprint density at radius 1 is 1.35 bits per heavy atom.